The summed E-state index contributed by atoms with van der Waals surface area (Å²) in [6, 6.07) is 13.6. The molecule has 0 aliphatic heterocycles. The molecular formula is C20H24N2O4S. The highest BCUT2D eigenvalue weighted by molar-refractivity contribution is 7.92. The van der Waals surface area contributed by atoms with Gasteiger partial charge in [-0.1, -0.05) is 32.0 Å². The number of hydrogen-bond donors (Lipinski definition) is 1. The van der Waals surface area contributed by atoms with Gasteiger partial charge in [0, 0.05) is 11.3 Å². The summed E-state index contributed by atoms with van der Waals surface area (Å²) in [4.78, 5) is 23.9. The Morgan fingerprint density at radius 3 is 2.15 bits per heavy atom. The minimum absolute atomic E-state index is 0.115. The average Bonchev–Trinajstić information content (AvgIpc) is 2.59. The molecule has 0 spiro atoms. The molecule has 0 saturated heterocycles. The summed E-state index contributed by atoms with van der Waals surface area (Å²) in [7, 11) is -3.68. The summed E-state index contributed by atoms with van der Waals surface area (Å²) in [6.45, 7) is 5.11. The van der Waals surface area contributed by atoms with E-state index < -0.39 is 15.9 Å². The lowest BCUT2D eigenvalue weighted by molar-refractivity contribution is -0.114. The van der Waals surface area contributed by atoms with Gasteiger partial charge in [-0.3, -0.25) is 13.9 Å². The van der Waals surface area contributed by atoms with Crippen LogP contribution >= 0.6 is 0 Å². The fourth-order valence-corrected chi connectivity index (χ4v) is 3.55. The van der Waals surface area contributed by atoms with Crippen LogP contribution in [0.25, 0.3) is 0 Å². The van der Waals surface area contributed by atoms with E-state index in [1.807, 2.05) is 32.0 Å². The van der Waals surface area contributed by atoms with Crippen LogP contribution in [0.5, 0.6) is 0 Å². The van der Waals surface area contributed by atoms with Crippen molar-refractivity contribution in [3.8, 4) is 0 Å². The molecule has 0 radical (unpaired) electrons. The zero-order chi connectivity index (χ0) is 20.2. The predicted molar refractivity (Wildman–Crippen MR) is 108 cm³/mol. The van der Waals surface area contributed by atoms with E-state index >= 15 is 0 Å². The number of para-hydroxylation sites is 1. The molecule has 1 amide bonds. The van der Waals surface area contributed by atoms with E-state index in [1.54, 1.807) is 18.2 Å². The highest BCUT2D eigenvalue weighted by atomic mass is 32.2. The predicted octanol–water partition coefficient (Wildman–Crippen LogP) is 3.42. The van der Waals surface area contributed by atoms with Crippen molar-refractivity contribution in [3.05, 3.63) is 59.7 Å². The maximum absolute atomic E-state index is 12.5. The van der Waals surface area contributed by atoms with Crippen LogP contribution in [0.15, 0.2) is 48.5 Å². The molecule has 6 nitrogen and oxygen atoms in total. The van der Waals surface area contributed by atoms with Crippen LogP contribution in [-0.2, 0) is 14.8 Å². The van der Waals surface area contributed by atoms with Crippen molar-refractivity contribution < 1.29 is 18.0 Å². The Balaban J connectivity index is 2.24. The number of ketones is 1. The molecule has 27 heavy (non-hydrogen) atoms. The number of nitrogens with zero attached hydrogens (tertiary/aromatic N) is 1. The number of carbonyl (C=O) groups is 2. The Hall–Kier alpha value is -2.67. The van der Waals surface area contributed by atoms with E-state index in [9.17, 15) is 18.0 Å². The summed E-state index contributed by atoms with van der Waals surface area (Å²) in [5.74, 6) is -0.341. The van der Waals surface area contributed by atoms with Crippen LogP contribution in [0.4, 0.5) is 11.4 Å². The van der Waals surface area contributed by atoms with Crippen molar-refractivity contribution in [2.45, 2.75) is 26.7 Å². The van der Waals surface area contributed by atoms with E-state index in [-0.39, 0.29) is 18.2 Å². The summed E-state index contributed by atoms with van der Waals surface area (Å²) < 4.78 is 25.4. The summed E-state index contributed by atoms with van der Waals surface area (Å²) >= 11 is 0. The van der Waals surface area contributed by atoms with Gasteiger partial charge in [0.1, 0.15) is 6.54 Å². The van der Waals surface area contributed by atoms with Gasteiger partial charge >= 0.3 is 0 Å². The van der Waals surface area contributed by atoms with Crippen LogP contribution < -0.4 is 9.62 Å². The highest BCUT2D eigenvalue weighted by Gasteiger charge is 2.21. The summed E-state index contributed by atoms with van der Waals surface area (Å²) in [6.07, 6.45) is 1.04. The first-order valence-electron chi connectivity index (χ1n) is 8.57. The second-order valence-corrected chi connectivity index (χ2v) is 8.57. The van der Waals surface area contributed by atoms with Gasteiger partial charge in [-0.05, 0) is 48.7 Å². The number of amides is 1. The molecule has 7 heteroatoms. The number of nitrogens with one attached hydrogen (secondary N) is 1. The molecule has 0 aliphatic rings. The first-order valence-corrected chi connectivity index (χ1v) is 10.4. The highest BCUT2D eigenvalue weighted by Crippen LogP contribution is 2.24. The molecule has 0 aliphatic carbocycles. The maximum Gasteiger partial charge on any atom is 0.245 e. The Morgan fingerprint density at radius 2 is 1.63 bits per heavy atom. The second-order valence-electron chi connectivity index (χ2n) is 6.66. The molecule has 0 unspecified atom stereocenters. The molecule has 0 fully saturated rings. The van der Waals surface area contributed by atoms with Crippen LogP contribution in [0, 0.1) is 0 Å². The zero-order valence-electron chi connectivity index (χ0n) is 15.9. The van der Waals surface area contributed by atoms with E-state index in [0.717, 1.165) is 16.1 Å². The number of rotatable bonds is 7. The van der Waals surface area contributed by atoms with Crippen molar-refractivity contribution in [1.82, 2.24) is 0 Å². The zero-order valence-corrected chi connectivity index (χ0v) is 16.7. The number of sulfonamides is 1. The maximum atomic E-state index is 12.5. The minimum atomic E-state index is -3.68. The lowest BCUT2D eigenvalue weighted by Crippen LogP contribution is -2.37. The molecule has 2 aromatic carbocycles. The number of carbonyl (C=O) groups excluding carboxylic acids is 2. The molecule has 0 bridgehead atoms. The number of benzene rings is 2. The second kappa shape index (κ2) is 8.35. The summed E-state index contributed by atoms with van der Waals surface area (Å²) in [5, 5.41) is 2.79. The van der Waals surface area contributed by atoms with Crippen LogP contribution in [0.2, 0.25) is 0 Å². The third-order valence-corrected chi connectivity index (χ3v) is 5.25. The molecule has 144 valence electrons. The van der Waals surface area contributed by atoms with Crippen molar-refractivity contribution in [2.24, 2.45) is 0 Å². The molecule has 0 heterocycles. The smallest absolute Gasteiger partial charge is 0.245 e. The monoisotopic (exact) mass is 388 g/mol. The van der Waals surface area contributed by atoms with Gasteiger partial charge in [-0.2, -0.15) is 0 Å². The molecule has 2 aromatic rings. The average molecular weight is 388 g/mol. The molecule has 0 aromatic heterocycles. The number of Topliss-reactive ketones (excluding diaryl/α,β-unsaturated/α-hetero) is 1. The fourth-order valence-electron chi connectivity index (χ4n) is 2.70. The largest absolute Gasteiger partial charge is 0.324 e. The third kappa shape index (κ3) is 5.40. The van der Waals surface area contributed by atoms with Gasteiger partial charge in [-0.25, -0.2) is 8.42 Å². The Labute approximate surface area is 160 Å². The van der Waals surface area contributed by atoms with Crippen LogP contribution in [0.3, 0.4) is 0 Å². The standard InChI is InChI=1S/C20H24N2O4S/c1-14(2)18-7-5-6-8-19(18)21-20(24)13-22(27(4,25)26)17-11-9-16(10-12-17)15(3)23/h5-12,14H,13H2,1-4H3,(H,21,24). The quantitative estimate of drug-likeness (QED) is 0.737. The first-order chi connectivity index (χ1) is 12.6. The Kier molecular flexibility index (Phi) is 6.38. The van der Waals surface area contributed by atoms with Gasteiger partial charge in [0.15, 0.2) is 5.78 Å². The minimum Gasteiger partial charge on any atom is -0.324 e. The SMILES string of the molecule is CC(=O)c1ccc(N(CC(=O)Nc2ccccc2C(C)C)S(C)(=O)=O)cc1. The van der Waals surface area contributed by atoms with E-state index in [4.69, 9.17) is 0 Å². The Morgan fingerprint density at radius 1 is 1.04 bits per heavy atom. The molecule has 1 N–H and O–H groups in total. The van der Waals surface area contributed by atoms with Crippen molar-refractivity contribution in [3.63, 3.8) is 0 Å². The Bertz CT molecular complexity index is 935. The van der Waals surface area contributed by atoms with E-state index in [0.29, 0.717) is 16.9 Å². The van der Waals surface area contributed by atoms with Gasteiger partial charge in [0.05, 0.1) is 11.9 Å². The molecule has 2 rings (SSSR count). The van der Waals surface area contributed by atoms with E-state index in [1.165, 1.54) is 19.1 Å². The van der Waals surface area contributed by atoms with E-state index in [2.05, 4.69) is 5.32 Å². The number of anilines is 2. The fraction of sp³-hybridized carbons (Fsp3) is 0.300. The third-order valence-electron chi connectivity index (χ3n) is 4.11. The first kappa shape index (κ1) is 20.6. The topological polar surface area (TPSA) is 83.6 Å². The normalized spacial score (nSPS) is 11.3. The van der Waals surface area contributed by atoms with Crippen molar-refractivity contribution in [1.29, 1.82) is 0 Å². The van der Waals surface area contributed by atoms with Gasteiger partial charge in [0.25, 0.3) is 0 Å². The van der Waals surface area contributed by atoms with Gasteiger partial charge in [0.2, 0.25) is 15.9 Å². The van der Waals surface area contributed by atoms with Crippen LogP contribution in [0.1, 0.15) is 42.6 Å². The lowest BCUT2D eigenvalue weighted by Gasteiger charge is -2.22. The molecule has 0 saturated carbocycles. The van der Waals surface area contributed by atoms with Gasteiger partial charge in [-0.15, -0.1) is 0 Å². The lowest BCUT2D eigenvalue weighted by atomic mass is 10.0. The number of hydrogen-bond acceptors (Lipinski definition) is 4. The molecule has 0 atom stereocenters. The van der Waals surface area contributed by atoms with Crippen LogP contribution in [-0.4, -0.2) is 32.9 Å². The summed E-state index contributed by atoms with van der Waals surface area (Å²) in [5.41, 5.74) is 2.44. The van der Waals surface area contributed by atoms with Crippen molar-refractivity contribution >= 4 is 33.1 Å². The van der Waals surface area contributed by atoms with Crippen molar-refractivity contribution in [2.75, 3.05) is 22.4 Å². The molecular weight excluding hydrogens is 364 g/mol. The van der Waals surface area contributed by atoms with Gasteiger partial charge < -0.3 is 5.32 Å².